The molecule has 0 unspecified atom stereocenters. The Morgan fingerprint density at radius 2 is 1.69 bits per heavy atom. The molecule has 0 atom stereocenters. The van der Waals surface area contributed by atoms with E-state index in [1.165, 1.54) is 0 Å². The van der Waals surface area contributed by atoms with Crippen LogP contribution in [0.2, 0.25) is 5.02 Å². The van der Waals surface area contributed by atoms with Gasteiger partial charge in [-0.3, -0.25) is 4.79 Å². The topological polar surface area (TPSA) is 59.8 Å². The van der Waals surface area contributed by atoms with E-state index < -0.39 is 0 Å². The first-order valence-corrected chi connectivity index (χ1v) is 8.84. The Hall–Kier alpha value is -2.66. The van der Waals surface area contributed by atoms with Gasteiger partial charge in [0, 0.05) is 10.7 Å². The molecule has 3 aromatic rings. The van der Waals surface area contributed by atoms with E-state index in [0.29, 0.717) is 10.7 Å². The number of aryl methyl sites for hydroxylation is 2. The van der Waals surface area contributed by atoms with E-state index in [-0.39, 0.29) is 11.8 Å². The first kappa shape index (κ1) is 18.1. The summed E-state index contributed by atoms with van der Waals surface area (Å²) in [6.07, 6.45) is 0. The van der Waals surface area contributed by atoms with Crippen molar-refractivity contribution in [1.29, 1.82) is 0 Å². The molecule has 1 N–H and O–H groups in total. The number of carbonyl (C=O) groups excluding carboxylic acids is 1. The summed E-state index contributed by atoms with van der Waals surface area (Å²) in [6.45, 7) is 8.02. The van der Waals surface area contributed by atoms with Gasteiger partial charge in [0.25, 0.3) is 5.91 Å². The van der Waals surface area contributed by atoms with Crippen molar-refractivity contribution >= 4 is 23.2 Å². The molecule has 0 radical (unpaired) electrons. The van der Waals surface area contributed by atoms with Crippen LogP contribution in [-0.4, -0.2) is 20.9 Å². The zero-order chi connectivity index (χ0) is 18.8. The molecule has 1 aromatic heterocycles. The number of nitrogens with one attached hydrogen (secondary N) is 1. The van der Waals surface area contributed by atoms with E-state index in [2.05, 4.69) is 21.7 Å². The largest absolute Gasteiger partial charge is 0.321 e. The van der Waals surface area contributed by atoms with Gasteiger partial charge in [-0.2, -0.15) is 0 Å². The normalized spacial score (nSPS) is 11.0. The highest BCUT2D eigenvalue weighted by Crippen LogP contribution is 2.23. The SMILES string of the molecule is Cc1cc(C)cc(NC(=O)c2nnn(-c3ccc(Cl)cc3)c2C(C)C)c1. The van der Waals surface area contributed by atoms with E-state index in [4.69, 9.17) is 11.6 Å². The molecule has 0 saturated heterocycles. The number of carbonyl (C=O) groups is 1. The van der Waals surface area contributed by atoms with Crippen molar-refractivity contribution in [3.8, 4) is 5.69 Å². The molecule has 5 nitrogen and oxygen atoms in total. The van der Waals surface area contributed by atoms with Crippen molar-refractivity contribution in [3.63, 3.8) is 0 Å². The number of amides is 1. The van der Waals surface area contributed by atoms with Crippen LogP contribution in [0, 0.1) is 13.8 Å². The smallest absolute Gasteiger partial charge is 0.278 e. The molecular weight excluding hydrogens is 348 g/mol. The number of hydrogen-bond acceptors (Lipinski definition) is 3. The van der Waals surface area contributed by atoms with Crippen LogP contribution in [0.1, 0.15) is 47.1 Å². The standard InChI is InChI=1S/C20H21ClN4O/c1-12(2)19-18(20(26)22-16-10-13(3)9-14(4)11-16)23-24-25(19)17-7-5-15(21)6-8-17/h5-12H,1-4H3,(H,22,26). The molecule has 0 saturated carbocycles. The van der Waals surface area contributed by atoms with Crippen LogP contribution in [-0.2, 0) is 0 Å². The van der Waals surface area contributed by atoms with Gasteiger partial charge < -0.3 is 5.32 Å². The highest BCUT2D eigenvalue weighted by atomic mass is 35.5. The van der Waals surface area contributed by atoms with Gasteiger partial charge in [-0.1, -0.05) is 36.7 Å². The van der Waals surface area contributed by atoms with Crippen LogP contribution in [0.3, 0.4) is 0 Å². The Morgan fingerprint density at radius 3 is 2.27 bits per heavy atom. The number of halogens is 1. The van der Waals surface area contributed by atoms with Crippen molar-refractivity contribution in [1.82, 2.24) is 15.0 Å². The summed E-state index contributed by atoms with van der Waals surface area (Å²) in [5.41, 5.74) is 4.84. The highest BCUT2D eigenvalue weighted by Gasteiger charge is 2.23. The number of aromatic nitrogens is 3. The molecule has 1 heterocycles. The van der Waals surface area contributed by atoms with Crippen molar-refractivity contribution in [2.24, 2.45) is 0 Å². The lowest BCUT2D eigenvalue weighted by molar-refractivity contribution is 0.102. The van der Waals surface area contributed by atoms with Crippen molar-refractivity contribution < 1.29 is 4.79 Å². The van der Waals surface area contributed by atoms with Gasteiger partial charge >= 0.3 is 0 Å². The summed E-state index contributed by atoms with van der Waals surface area (Å²) >= 11 is 5.96. The second-order valence-corrected chi connectivity index (χ2v) is 7.13. The van der Waals surface area contributed by atoms with Crippen LogP contribution in [0.15, 0.2) is 42.5 Å². The second-order valence-electron chi connectivity index (χ2n) is 6.70. The Balaban J connectivity index is 1.97. The third-order valence-electron chi connectivity index (χ3n) is 4.02. The molecular formula is C20H21ClN4O. The third-order valence-corrected chi connectivity index (χ3v) is 4.27. The molecule has 134 valence electrons. The summed E-state index contributed by atoms with van der Waals surface area (Å²) in [7, 11) is 0. The van der Waals surface area contributed by atoms with E-state index in [1.54, 1.807) is 16.8 Å². The Labute approximate surface area is 158 Å². The van der Waals surface area contributed by atoms with E-state index in [9.17, 15) is 4.79 Å². The number of rotatable bonds is 4. The van der Waals surface area contributed by atoms with Gasteiger partial charge in [-0.15, -0.1) is 5.10 Å². The Bertz CT molecular complexity index is 925. The molecule has 0 bridgehead atoms. The third kappa shape index (κ3) is 3.78. The zero-order valence-electron chi connectivity index (χ0n) is 15.2. The first-order valence-electron chi connectivity index (χ1n) is 8.46. The molecule has 0 spiro atoms. The lowest BCUT2D eigenvalue weighted by Gasteiger charge is -2.12. The van der Waals surface area contributed by atoms with Gasteiger partial charge in [-0.05, 0) is 67.3 Å². The summed E-state index contributed by atoms with van der Waals surface area (Å²) < 4.78 is 1.69. The summed E-state index contributed by atoms with van der Waals surface area (Å²) in [5, 5.41) is 11.9. The molecule has 0 aliphatic rings. The minimum Gasteiger partial charge on any atom is -0.321 e. The van der Waals surface area contributed by atoms with Gasteiger partial charge in [0.2, 0.25) is 0 Å². The summed E-state index contributed by atoms with van der Waals surface area (Å²) in [6, 6.07) is 13.2. The van der Waals surface area contributed by atoms with Crippen LogP contribution in [0.4, 0.5) is 5.69 Å². The first-order chi connectivity index (χ1) is 12.3. The predicted molar refractivity (Wildman–Crippen MR) is 104 cm³/mol. The summed E-state index contributed by atoms with van der Waals surface area (Å²) in [4.78, 5) is 12.8. The van der Waals surface area contributed by atoms with Crippen molar-refractivity contribution in [2.75, 3.05) is 5.32 Å². The minimum atomic E-state index is -0.265. The fourth-order valence-electron chi connectivity index (χ4n) is 2.98. The maximum Gasteiger partial charge on any atom is 0.278 e. The lowest BCUT2D eigenvalue weighted by atomic mass is 10.1. The van der Waals surface area contributed by atoms with Gasteiger partial charge in [0.05, 0.1) is 11.4 Å². The van der Waals surface area contributed by atoms with Gasteiger partial charge in [0.15, 0.2) is 5.69 Å². The number of nitrogens with zero attached hydrogens (tertiary/aromatic N) is 3. The van der Waals surface area contributed by atoms with E-state index in [0.717, 1.165) is 28.2 Å². The zero-order valence-corrected chi connectivity index (χ0v) is 16.0. The maximum absolute atomic E-state index is 12.8. The van der Waals surface area contributed by atoms with Crippen molar-refractivity contribution in [2.45, 2.75) is 33.6 Å². The maximum atomic E-state index is 12.8. The molecule has 0 aliphatic heterocycles. The predicted octanol–water partition coefficient (Wildman–Crippen LogP) is 4.91. The molecule has 6 heteroatoms. The molecule has 3 rings (SSSR count). The van der Waals surface area contributed by atoms with Gasteiger partial charge in [-0.25, -0.2) is 4.68 Å². The number of benzene rings is 2. The van der Waals surface area contributed by atoms with Crippen LogP contribution in [0.25, 0.3) is 5.69 Å². The minimum absolute atomic E-state index is 0.0701. The monoisotopic (exact) mass is 368 g/mol. The van der Waals surface area contributed by atoms with E-state index in [1.807, 2.05) is 52.0 Å². The van der Waals surface area contributed by atoms with Crippen molar-refractivity contribution in [3.05, 3.63) is 70.0 Å². The van der Waals surface area contributed by atoms with Gasteiger partial charge in [0.1, 0.15) is 0 Å². The van der Waals surface area contributed by atoms with Crippen LogP contribution >= 0.6 is 11.6 Å². The Kier molecular flexibility index (Phi) is 5.09. The lowest BCUT2D eigenvalue weighted by Crippen LogP contribution is -2.16. The average molecular weight is 369 g/mol. The van der Waals surface area contributed by atoms with Crippen LogP contribution in [0.5, 0.6) is 0 Å². The Morgan fingerprint density at radius 1 is 1.08 bits per heavy atom. The molecule has 26 heavy (non-hydrogen) atoms. The highest BCUT2D eigenvalue weighted by molar-refractivity contribution is 6.30. The summed E-state index contributed by atoms with van der Waals surface area (Å²) in [5.74, 6) is -0.195. The second kappa shape index (κ2) is 7.30. The average Bonchev–Trinajstić information content (AvgIpc) is 3.00. The molecule has 2 aromatic carbocycles. The fourth-order valence-corrected chi connectivity index (χ4v) is 3.11. The fraction of sp³-hybridized carbons (Fsp3) is 0.250. The number of hydrogen-bond donors (Lipinski definition) is 1. The van der Waals surface area contributed by atoms with Crippen LogP contribution < -0.4 is 5.32 Å². The molecule has 1 amide bonds. The number of anilines is 1. The quantitative estimate of drug-likeness (QED) is 0.711. The molecule has 0 aliphatic carbocycles. The molecule has 0 fully saturated rings. The van der Waals surface area contributed by atoms with E-state index >= 15 is 0 Å².